The standard InChI is InChI=1S/C13H20O2/c1-10(2)9-12(14)13(15-4)8-6-5-7-11(13)3/h6-8,10H,5,9H2,1-4H3. The Morgan fingerprint density at radius 1 is 1.60 bits per heavy atom. The third-order valence-electron chi connectivity index (χ3n) is 2.83. The van der Waals surface area contributed by atoms with E-state index in [-0.39, 0.29) is 5.78 Å². The van der Waals surface area contributed by atoms with Gasteiger partial charge in [0.05, 0.1) is 0 Å². The fourth-order valence-electron chi connectivity index (χ4n) is 1.94. The normalized spacial score (nSPS) is 25.5. The van der Waals surface area contributed by atoms with Crippen molar-refractivity contribution in [2.75, 3.05) is 7.11 Å². The van der Waals surface area contributed by atoms with Crippen LogP contribution in [0.15, 0.2) is 23.8 Å². The molecule has 0 fully saturated rings. The van der Waals surface area contributed by atoms with Crippen LogP contribution in [0, 0.1) is 5.92 Å². The van der Waals surface area contributed by atoms with Crippen LogP contribution in [-0.4, -0.2) is 18.5 Å². The molecular weight excluding hydrogens is 188 g/mol. The van der Waals surface area contributed by atoms with Crippen molar-refractivity contribution in [3.05, 3.63) is 23.8 Å². The molecule has 0 amide bonds. The number of carbonyl (C=O) groups excluding carboxylic acids is 1. The Morgan fingerprint density at radius 2 is 2.27 bits per heavy atom. The lowest BCUT2D eigenvalue weighted by molar-refractivity contribution is -0.133. The van der Waals surface area contributed by atoms with Gasteiger partial charge in [0.15, 0.2) is 11.4 Å². The number of hydrogen-bond acceptors (Lipinski definition) is 2. The van der Waals surface area contributed by atoms with Gasteiger partial charge < -0.3 is 4.74 Å². The van der Waals surface area contributed by atoms with Crippen molar-refractivity contribution >= 4 is 5.78 Å². The maximum atomic E-state index is 12.2. The predicted molar refractivity (Wildman–Crippen MR) is 61.7 cm³/mol. The van der Waals surface area contributed by atoms with E-state index >= 15 is 0 Å². The zero-order valence-electron chi connectivity index (χ0n) is 10.0. The Balaban J connectivity index is 2.93. The van der Waals surface area contributed by atoms with Gasteiger partial charge in [0.2, 0.25) is 0 Å². The molecule has 1 atom stereocenters. The maximum Gasteiger partial charge on any atom is 0.173 e. The molecule has 2 nitrogen and oxygen atoms in total. The van der Waals surface area contributed by atoms with E-state index in [0.29, 0.717) is 12.3 Å². The van der Waals surface area contributed by atoms with Crippen LogP contribution in [0.5, 0.6) is 0 Å². The van der Waals surface area contributed by atoms with Gasteiger partial charge in [-0.25, -0.2) is 0 Å². The minimum atomic E-state index is -0.789. The van der Waals surface area contributed by atoms with Gasteiger partial charge in [-0.15, -0.1) is 0 Å². The highest BCUT2D eigenvalue weighted by atomic mass is 16.5. The monoisotopic (exact) mass is 208 g/mol. The molecule has 0 bridgehead atoms. The van der Waals surface area contributed by atoms with Crippen LogP contribution >= 0.6 is 0 Å². The van der Waals surface area contributed by atoms with Crippen LogP contribution in [0.1, 0.15) is 33.6 Å². The second-order valence-corrected chi connectivity index (χ2v) is 4.49. The second kappa shape index (κ2) is 4.75. The Hall–Kier alpha value is -0.890. The Morgan fingerprint density at radius 3 is 2.73 bits per heavy atom. The summed E-state index contributed by atoms with van der Waals surface area (Å²) in [4.78, 5) is 12.2. The number of ketones is 1. The van der Waals surface area contributed by atoms with Crippen molar-refractivity contribution in [3.8, 4) is 0 Å². The third kappa shape index (κ3) is 2.37. The van der Waals surface area contributed by atoms with Crippen LogP contribution in [0.2, 0.25) is 0 Å². The summed E-state index contributed by atoms with van der Waals surface area (Å²) in [5.74, 6) is 0.525. The smallest absolute Gasteiger partial charge is 0.173 e. The Labute approximate surface area is 92.0 Å². The fraction of sp³-hybridized carbons (Fsp3) is 0.615. The van der Waals surface area contributed by atoms with Crippen molar-refractivity contribution in [2.45, 2.75) is 39.2 Å². The van der Waals surface area contributed by atoms with Crippen molar-refractivity contribution in [1.82, 2.24) is 0 Å². The minimum Gasteiger partial charge on any atom is -0.362 e. The summed E-state index contributed by atoms with van der Waals surface area (Å²) in [6.07, 6.45) is 7.40. The Bertz CT molecular complexity index is 300. The molecule has 0 heterocycles. The molecule has 84 valence electrons. The van der Waals surface area contributed by atoms with Crippen molar-refractivity contribution in [2.24, 2.45) is 5.92 Å². The average Bonchev–Trinajstić information content (AvgIpc) is 2.17. The van der Waals surface area contributed by atoms with Gasteiger partial charge in [0.25, 0.3) is 0 Å². The summed E-state index contributed by atoms with van der Waals surface area (Å²) in [5.41, 5.74) is 0.223. The molecule has 0 aromatic heterocycles. The molecule has 1 aliphatic rings. The van der Waals surface area contributed by atoms with Gasteiger partial charge in [-0.05, 0) is 30.9 Å². The molecule has 0 spiro atoms. The van der Waals surface area contributed by atoms with E-state index in [1.54, 1.807) is 7.11 Å². The van der Waals surface area contributed by atoms with Gasteiger partial charge in [-0.3, -0.25) is 4.79 Å². The summed E-state index contributed by atoms with van der Waals surface area (Å²) in [5, 5.41) is 0. The van der Waals surface area contributed by atoms with E-state index in [9.17, 15) is 4.79 Å². The molecule has 1 rings (SSSR count). The quantitative estimate of drug-likeness (QED) is 0.664. The average molecular weight is 208 g/mol. The van der Waals surface area contributed by atoms with E-state index in [1.165, 1.54) is 0 Å². The first-order valence-electron chi connectivity index (χ1n) is 5.46. The van der Waals surface area contributed by atoms with Crippen LogP contribution in [0.25, 0.3) is 0 Å². The van der Waals surface area contributed by atoms with Crippen LogP contribution in [-0.2, 0) is 9.53 Å². The summed E-state index contributed by atoms with van der Waals surface area (Å²) in [6.45, 7) is 6.06. The summed E-state index contributed by atoms with van der Waals surface area (Å²) >= 11 is 0. The lowest BCUT2D eigenvalue weighted by Gasteiger charge is -2.31. The van der Waals surface area contributed by atoms with Crippen LogP contribution in [0.3, 0.4) is 0 Å². The largest absolute Gasteiger partial charge is 0.362 e. The van der Waals surface area contributed by atoms with E-state index < -0.39 is 5.60 Å². The lowest BCUT2D eigenvalue weighted by atomic mass is 9.82. The Kier molecular flexibility index (Phi) is 3.86. The molecule has 2 heteroatoms. The zero-order valence-corrected chi connectivity index (χ0v) is 10.0. The molecule has 1 aliphatic carbocycles. The molecule has 0 saturated heterocycles. The van der Waals surface area contributed by atoms with Gasteiger partial charge in [-0.1, -0.05) is 26.0 Å². The summed E-state index contributed by atoms with van der Waals surface area (Å²) in [7, 11) is 1.60. The lowest BCUT2D eigenvalue weighted by Crippen LogP contribution is -2.41. The van der Waals surface area contributed by atoms with Gasteiger partial charge in [0, 0.05) is 13.5 Å². The number of methoxy groups -OCH3 is 1. The van der Waals surface area contributed by atoms with Gasteiger partial charge in [-0.2, -0.15) is 0 Å². The first-order chi connectivity index (χ1) is 7.03. The molecule has 15 heavy (non-hydrogen) atoms. The van der Waals surface area contributed by atoms with Crippen LogP contribution < -0.4 is 0 Å². The highest BCUT2D eigenvalue weighted by molar-refractivity contribution is 5.93. The van der Waals surface area contributed by atoms with E-state index in [0.717, 1.165) is 12.0 Å². The summed E-state index contributed by atoms with van der Waals surface area (Å²) < 4.78 is 5.45. The number of ether oxygens (including phenoxy) is 1. The number of Topliss-reactive ketones (excluding diaryl/α,β-unsaturated/α-hetero) is 1. The van der Waals surface area contributed by atoms with Crippen molar-refractivity contribution < 1.29 is 9.53 Å². The SMILES string of the molecule is COC1(C(=O)CC(C)C)C=CCC=C1C. The fourth-order valence-corrected chi connectivity index (χ4v) is 1.94. The molecule has 0 saturated carbocycles. The maximum absolute atomic E-state index is 12.2. The molecule has 0 radical (unpaired) electrons. The second-order valence-electron chi connectivity index (χ2n) is 4.49. The predicted octanol–water partition coefficient (Wildman–Crippen LogP) is 2.89. The number of hydrogen-bond donors (Lipinski definition) is 0. The highest BCUT2D eigenvalue weighted by Gasteiger charge is 2.38. The topological polar surface area (TPSA) is 26.3 Å². The zero-order chi connectivity index (χ0) is 11.5. The summed E-state index contributed by atoms with van der Waals surface area (Å²) in [6, 6.07) is 0. The first kappa shape index (κ1) is 12.2. The molecule has 0 aromatic rings. The molecule has 0 aromatic carbocycles. The minimum absolute atomic E-state index is 0.157. The van der Waals surface area contributed by atoms with E-state index in [1.807, 2.05) is 32.9 Å². The van der Waals surface area contributed by atoms with Crippen molar-refractivity contribution in [3.63, 3.8) is 0 Å². The highest BCUT2D eigenvalue weighted by Crippen LogP contribution is 2.30. The number of allylic oxidation sites excluding steroid dienone is 2. The molecule has 0 N–H and O–H groups in total. The molecular formula is C13H20O2. The van der Waals surface area contributed by atoms with Gasteiger partial charge in [0.1, 0.15) is 0 Å². The first-order valence-corrected chi connectivity index (χ1v) is 5.46. The molecule has 1 unspecified atom stereocenters. The van der Waals surface area contributed by atoms with Crippen LogP contribution in [0.4, 0.5) is 0 Å². The van der Waals surface area contributed by atoms with Crippen molar-refractivity contribution in [1.29, 1.82) is 0 Å². The molecule has 0 aliphatic heterocycles. The third-order valence-corrected chi connectivity index (χ3v) is 2.83. The van der Waals surface area contributed by atoms with Gasteiger partial charge >= 0.3 is 0 Å². The number of carbonyl (C=O) groups is 1. The van der Waals surface area contributed by atoms with E-state index in [4.69, 9.17) is 4.74 Å². The van der Waals surface area contributed by atoms with E-state index in [2.05, 4.69) is 6.08 Å². The number of rotatable bonds is 4.